The van der Waals surface area contributed by atoms with Gasteiger partial charge in [-0.2, -0.15) is 0 Å². The van der Waals surface area contributed by atoms with Crippen LogP contribution in [0.25, 0.3) is 0 Å². The Morgan fingerprint density at radius 1 is 1.20 bits per heavy atom. The quantitative estimate of drug-likeness (QED) is 0.828. The van der Waals surface area contributed by atoms with Crippen LogP contribution in [0.4, 0.5) is 11.4 Å². The van der Waals surface area contributed by atoms with Crippen molar-refractivity contribution in [2.75, 3.05) is 44.7 Å². The second-order valence-corrected chi connectivity index (χ2v) is 6.21. The number of carbonyl (C=O) groups excluding carboxylic acids is 1. The number of carbonyl (C=O) groups is 1. The van der Waals surface area contributed by atoms with E-state index in [4.69, 9.17) is 16.3 Å². The standard InChI is InChI=1S/C18H21ClN4O2/c19-14-2-1-3-15(12-14)22-16-4-5-17(21-13-16)18(24)20-6-7-23-8-10-25-11-9-23/h1-5,12-13,22H,6-11H2,(H,20,24). The van der Waals surface area contributed by atoms with Gasteiger partial charge in [0.15, 0.2) is 0 Å². The summed E-state index contributed by atoms with van der Waals surface area (Å²) in [6.07, 6.45) is 1.64. The smallest absolute Gasteiger partial charge is 0.269 e. The highest BCUT2D eigenvalue weighted by atomic mass is 35.5. The van der Waals surface area contributed by atoms with Crippen molar-refractivity contribution in [2.24, 2.45) is 0 Å². The molecular formula is C18H21ClN4O2. The molecule has 1 aliphatic rings. The van der Waals surface area contributed by atoms with Crippen LogP contribution in [0, 0.1) is 0 Å². The number of anilines is 2. The highest BCUT2D eigenvalue weighted by Crippen LogP contribution is 2.19. The summed E-state index contributed by atoms with van der Waals surface area (Å²) in [6, 6.07) is 11.0. The number of hydrogen-bond acceptors (Lipinski definition) is 5. The predicted octanol–water partition coefficient (Wildman–Crippen LogP) is 2.54. The average Bonchev–Trinajstić information content (AvgIpc) is 2.63. The van der Waals surface area contributed by atoms with Crippen molar-refractivity contribution in [3.8, 4) is 0 Å². The monoisotopic (exact) mass is 360 g/mol. The molecule has 1 aromatic carbocycles. The molecule has 6 nitrogen and oxygen atoms in total. The normalized spacial score (nSPS) is 14.9. The summed E-state index contributed by atoms with van der Waals surface area (Å²) in [5, 5.41) is 6.76. The van der Waals surface area contributed by atoms with Crippen LogP contribution in [0.1, 0.15) is 10.5 Å². The van der Waals surface area contributed by atoms with Crippen LogP contribution < -0.4 is 10.6 Å². The highest BCUT2D eigenvalue weighted by molar-refractivity contribution is 6.30. The van der Waals surface area contributed by atoms with E-state index in [0.717, 1.165) is 44.2 Å². The molecule has 132 valence electrons. The summed E-state index contributed by atoms with van der Waals surface area (Å²) in [5.74, 6) is -0.164. The van der Waals surface area contributed by atoms with Gasteiger partial charge in [-0.1, -0.05) is 17.7 Å². The van der Waals surface area contributed by atoms with Gasteiger partial charge in [-0.15, -0.1) is 0 Å². The Kier molecular flexibility index (Phi) is 6.22. The minimum Gasteiger partial charge on any atom is -0.379 e. The third kappa shape index (κ3) is 5.42. The minimum atomic E-state index is -0.164. The number of hydrogen-bond donors (Lipinski definition) is 2. The molecule has 1 fully saturated rings. The van der Waals surface area contributed by atoms with Crippen molar-refractivity contribution in [2.45, 2.75) is 0 Å². The number of nitrogens with zero attached hydrogens (tertiary/aromatic N) is 2. The number of aromatic nitrogens is 1. The third-order valence-corrected chi connectivity index (χ3v) is 4.16. The largest absolute Gasteiger partial charge is 0.379 e. The number of morpholine rings is 1. The molecule has 1 amide bonds. The summed E-state index contributed by atoms with van der Waals surface area (Å²) in [7, 11) is 0. The number of ether oxygens (including phenoxy) is 1. The molecule has 0 aliphatic carbocycles. The van der Waals surface area contributed by atoms with Gasteiger partial charge >= 0.3 is 0 Å². The van der Waals surface area contributed by atoms with Crippen LogP contribution >= 0.6 is 11.6 Å². The molecule has 0 spiro atoms. The number of nitrogens with one attached hydrogen (secondary N) is 2. The van der Waals surface area contributed by atoms with Gasteiger partial charge in [-0.05, 0) is 30.3 Å². The SMILES string of the molecule is O=C(NCCN1CCOCC1)c1ccc(Nc2cccc(Cl)c2)cn1. The lowest BCUT2D eigenvalue weighted by molar-refractivity contribution is 0.0383. The number of rotatable bonds is 6. The second kappa shape index (κ2) is 8.80. The fourth-order valence-corrected chi connectivity index (χ4v) is 2.77. The van der Waals surface area contributed by atoms with Crippen molar-refractivity contribution < 1.29 is 9.53 Å². The zero-order valence-corrected chi connectivity index (χ0v) is 14.6. The zero-order chi connectivity index (χ0) is 17.5. The lowest BCUT2D eigenvalue weighted by Gasteiger charge is -2.26. The van der Waals surface area contributed by atoms with E-state index in [-0.39, 0.29) is 5.91 Å². The van der Waals surface area contributed by atoms with E-state index in [1.807, 2.05) is 30.3 Å². The van der Waals surface area contributed by atoms with Crippen LogP contribution in [-0.4, -0.2) is 55.2 Å². The Morgan fingerprint density at radius 3 is 2.76 bits per heavy atom. The van der Waals surface area contributed by atoms with Gasteiger partial charge in [0.2, 0.25) is 0 Å². The zero-order valence-electron chi connectivity index (χ0n) is 13.9. The van der Waals surface area contributed by atoms with E-state index in [2.05, 4.69) is 20.5 Å². The molecule has 1 aliphatic heterocycles. The van der Waals surface area contributed by atoms with Gasteiger partial charge in [0, 0.05) is 36.9 Å². The molecular weight excluding hydrogens is 340 g/mol. The van der Waals surface area contributed by atoms with Crippen molar-refractivity contribution in [1.29, 1.82) is 0 Å². The topological polar surface area (TPSA) is 66.5 Å². The molecule has 3 rings (SSSR count). The van der Waals surface area contributed by atoms with Crippen LogP contribution in [0.15, 0.2) is 42.6 Å². The maximum absolute atomic E-state index is 12.1. The van der Waals surface area contributed by atoms with Gasteiger partial charge < -0.3 is 15.4 Å². The number of halogens is 1. The highest BCUT2D eigenvalue weighted by Gasteiger charge is 2.11. The van der Waals surface area contributed by atoms with Gasteiger partial charge in [-0.25, -0.2) is 4.98 Å². The van der Waals surface area contributed by atoms with E-state index in [0.29, 0.717) is 17.3 Å². The van der Waals surface area contributed by atoms with Crippen molar-refractivity contribution in [3.63, 3.8) is 0 Å². The first-order chi connectivity index (χ1) is 12.2. The van der Waals surface area contributed by atoms with E-state index in [1.165, 1.54) is 0 Å². The summed E-state index contributed by atoms with van der Waals surface area (Å²) < 4.78 is 5.30. The number of benzene rings is 1. The van der Waals surface area contributed by atoms with Crippen LogP contribution in [0.3, 0.4) is 0 Å². The first-order valence-corrected chi connectivity index (χ1v) is 8.65. The maximum atomic E-state index is 12.1. The second-order valence-electron chi connectivity index (χ2n) is 5.78. The summed E-state index contributed by atoms with van der Waals surface area (Å²) in [6.45, 7) is 4.77. The minimum absolute atomic E-state index is 0.164. The van der Waals surface area contributed by atoms with E-state index in [9.17, 15) is 4.79 Å². The lowest BCUT2D eigenvalue weighted by Crippen LogP contribution is -2.41. The van der Waals surface area contributed by atoms with Gasteiger partial charge in [0.05, 0.1) is 25.1 Å². The van der Waals surface area contributed by atoms with Crippen molar-refractivity contribution in [1.82, 2.24) is 15.2 Å². The molecule has 0 saturated carbocycles. The molecule has 0 atom stereocenters. The van der Waals surface area contributed by atoms with Crippen molar-refractivity contribution >= 4 is 28.9 Å². The molecule has 1 aromatic heterocycles. The van der Waals surface area contributed by atoms with Gasteiger partial charge in [0.1, 0.15) is 5.69 Å². The lowest BCUT2D eigenvalue weighted by atomic mass is 10.3. The molecule has 0 unspecified atom stereocenters. The van der Waals surface area contributed by atoms with Crippen LogP contribution in [0.2, 0.25) is 5.02 Å². The van der Waals surface area contributed by atoms with Crippen LogP contribution in [-0.2, 0) is 4.74 Å². The summed E-state index contributed by atoms with van der Waals surface area (Å²) in [4.78, 5) is 18.6. The van der Waals surface area contributed by atoms with Gasteiger partial charge in [-0.3, -0.25) is 9.69 Å². The first kappa shape index (κ1) is 17.7. The van der Waals surface area contributed by atoms with Crippen LogP contribution in [0.5, 0.6) is 0 Å². The third-order valence-electron chi connectivity index (χ3n) is 3.93. The van der Waals surface area contributed by atoms with Gasteiger partial charge in [0.25, 0.3) is 5.91 Å². The average molecular weight is 361 g/mol. The maximum Gasteiger partial charge on any atom is 0.269 e. The van der Waals surface area contributed by atoms with E-state index in [1.54, 1.807) is 12.3 Å². The van der Waals surface area contributed by atoms with Crippen molar-refractivity contribution in [3.05, 3.63) is 53.3 Å². The Labute approximate surface area is 152 Å². The van der Waals surface area contributed by atoms with E-state index < -0.39 is 0 Å². The Bertz CT molecular complexity index is 702. The first-order valence-electron chi connectivity index (χ1n) is 8.28. The fourth-order valence-electron chi connectivity index (χ4n) is 2.58. The Morgan fingerprint density at radius 2 is 2.04 bits per heavy atom. The van der Waals surface area contributed by atoms with E-state index >= 15 is 0 Å². The number of pyridine rings is 1. The number of amides is 1. The Balaban J connectivity index is 1.48. The molecule has 1 saturated heterocycles. The molecule has 2 N–H and O–H groups in total. The summed E-state index contributed by atoms with van der Waals surface area (Å²) in [5.41, 5.74) is 2.07. The summed E-state index contributed by atoms with van der Waals surface area (Å²) >= 11 is 5.96. The molecule has 0 bridgehead atoms. The molecule has 2 aromatic rings. The molecule has 0 radical (unpaired) electrons. The predicted molar refractivity (Wildman–Crippen MR) is 98.6 cm³/mol. The molecule has 25 heavy (non-hydrogen) atoms. The Hall–Kier alpha value is -2.15. The molecule has 2 heterocycles. The fraction of sp³-hybridized carbons (Fsp3) is 0.333. The molecule has 7 heteroatoms.